The first-order valence-electron chi connectivity index (χ1n) is 7.18. The van der Waals surface area contributed by atoms with Crippen LogP contribution >= 0.6 is 23.8 Å². The highest BCUT2D eigenvalue weighted by Crippen LogP contribution is 2.22. The zero-order valence-electron chi connectivity index (χ0n) is 13.0. The third-order valence-electron chi connectivity index (χ3n) is 3.43. The number of rotatable bonds is 4. The van der Waals surface area contributed by atoms with E-state index in [4.69, 9.17) is 23.8 Å². The Bertz CT molecular complexity index is 1040. The minimum Gasteiger partial charge on any atom is -0.258 e. The number of halogens is 1. The van der Waals surface area contributed by atoms with Gasteiger partial charge >= 0.3 is 0 Å². The molecule has 3 aromatic rings. The topological polar surface area (TPSA) is 89.1 Å². The summed E-state index contributed by atoms with van der Waals surface area (Å²) in [6.07, 6.45) is 1.42. The SMILES string of the molecule is Cc1cccc(-c2n[nH]c(=S)n2/N=C/c2cc([N+](=O)[O-])ccc2Cl)c1. The van der Waals surface area contributed by atoms with Crippen molar-refractivity contribution in [2.24, 2.45) is 5.10 Å². The summed E-state index contributed by atoms with van der Waals surface area (Å²) < 4.78 is 1.74. The molecule has 25 heavy (non-hydrogen) atoms. The van der Waals surface area contributed by atoms with Crippen LogP contribution in [0.5, 0.6) is 0 Å². The Kier molecular flexibility index (Phi) is 4.73. The van der Waals surface area contributed by atoms with Crippen LogP contribution in [0.1, 0.15) is 11.1 Å². The summed E-state index contributed by atoms with van der Waals surface area (Å²) in [7, 11) is 0. The van der Waals surface area contributed by atoms with E-state index in [0.29, 0.717) is 21.2 Å². The van der Waals surface area contributed by atoms with Gasteiger partial charge in [0.05, 0.1) is 11.1 Å². The predicted octanol–water partition coefficient (Wildman–Crippen LogP) is 4.36. The number of H-pyrrole nitrogens is 1. The van der Waals surface area contributed by atoms with E-state index < -0.39 is 4.92 Å². The number of aromatic amines is 1. The van der Waals surface area contributed by atoms with E-state index in [2.05, 4.69) is 15.3 Å². The van der Waals surface area contributed by atoms with E-state index in [1.165, 1.54) is 29.1 Å². The normalized spacial score (nSPS) is 11.1. The fourth-order valence-electron chi connectivity index (χ4n) is 2.23. The van der Waals surface area contributed by atoms with Gasteiger partial charge in [0.25, 0.3) is 5.69 Å². The standard InChI is InChI=1S/C16H12ClN5O2S/c1-10-3-2-4-11(7-10)15-19-20-16(25)21(15)18-9-12-8-13(22(23)24)5-6-14(12)17/h2-9H,1H3,(H,20,25)/b18-9+. The van der Waals surface area contributed by atoms with Crippen molar-refractivity contribution in [2.45, 2.75) is 6.92 Å². The highest BCUT2D eigenvalue weighted by Gasteiger charge is 2.10. The Morgan fingerprint density at radius 3 is 2.88 bits per heavy atom. The fraction of sp³-hybridized carbons (Fsp3) is 0.0625. The highest BCUT2D eigenvalue weighted by molar-refractivity contribution is 7.71. The van der Waals surface area contributed by atoms with E-state index in [-0.39, 0.29) is 5.69 Å². The molecule has 0 atom stereocenters. The number of hydrogen-bond acceptors (Lipinski definition) is 5. The van der Waals surface area contributed by atoms with Crippen molar-refractivity contribution < 1.29 is 4.92 Å². The monoisotopic (exact) mass is 373 g/mol. The number of nitro groups is 1. The summed E-state index contributed by atoms with van der Waals surface area (Å²) in [5, 5.41) is 22.4. The number of aryl methyl sites for hydroxylation is 1. The third-order valence-corrected chi connectivity index (χ3v) is 4.04. The molecule has 0 spiro atoms. The molecule has 2 aromatic carbocycles. The van der Waals surface area contributed by atoms with E-state index >= 15 is 0 Å². The molecule has 0 aliphatic carbocycles. The summed E-state index contributed by atoms with van der Waals surface area (Å²) in [6, 6.07) is 11.9. The predicted molar refractivity (Wildman–Crippen MR) is 98.7 cm³/mol. The molecule has 3 rings (SSSR count). The molecule has 0 unspecified atom stereocenters. The van der Waals surface area contributed by atoms with Gasteiger partial charge in [-0.05, 0) is 31.3 Å². The molecular weight excluding hydrogens is 362 g/mol. The van der Waals surface area contributed by atoms with Gasteiger partial charge in [0.15, 0.2) is 5.82 Å². The molecule has 0 aliphatic rings. The van der Waals surface area contributed by atoms with E-state index in [1.54, 1.807) is 0 Å². The van der Waals surface area contributed by atoms with Gasteiger partial charge in [-0.25, -0.2) is 5.10 Å². The van der Waals surface area contributed by atoms with Crippen LogP contribution in [0.4, 0.5) is 5.69 Å². The van der Waals surface area contributed by atoms with Gasteiger partial charge in [-0.3, -0.25) is 10.1 Å². The lowest BCUT2D eigenvalue weighted by atomic mass is 10.1. The van der Waals surface area contributed by atoms with Gasteiger partial charge < -0.3 is 0 Å². The molecule has 1 aromatic heterocycles. The van der Waals surface area contributed by atoms with Gasteiger partial charge in [-0.1, -0.05) is 35.4 Å². The van der Waals surface area contributed by atoms with E-state index in [0.717, 1.165) is 11.1 Å². The Hall–Kier alpha value is -2.84. The molecule has 0 aliphatic heterocycles. The molecular formula is C16H12ClN5O2S. The largest absolute Gasteiger partial charge is 0.270 e. The van der Waals surface area contributed by atoms with Crippen LogP contribution in [0.3, 0.4) is 0 Å². The molecule has 0 saturated carbocycles. The third kappa shape index (κ3) is 3.65. The first-order chi connectivity index (χ1) is 12.0. The summed E-state index contributed by atoms with van der Waals surface area (Å²) in [6.45, 7) is 1.97. The van der Waals surface area contributed by atoms with Crippen LogP contribution in [0.2, 0.25) is 5.02 Å². The van der Waals surface area contributed by atoms with Crippen LogP contribution in [0.25, 0.3) is 11.4 Å². The molecule has 7 nitrogen and oxygen atoms in total. The number of benzene rings is 2. The van der Waals surface area contributed by atoms with Crippen LogP contribution in [-0.4, -0.2) is 26.0 Å². The van der Waals surface area contributed by atoms with Gasteiger partial charge in [0.1, 0.15) is 0 Å². The van der Waals surface area contributed by atoms with E-state index in [1.807, 2.05) is 31.2 Å². The molecule has 1 heterocycles. The van der Waals surface area contributed by atoms with Crippen molar-refractivity contribution in [3.05, 3.63) is 73.5 Å². The lowest BCUT2D eigenvalue weighted by molar-refractivity contribution is -0.384. The van der Waals surface area contributed by atoms with Crippen molar-refractivity contribution in [3.63, 3.8) is 0 Å². The number of non-ortho nitro benzene ring substituents is 1. The lowest BCUT2D eigenvalue weighted by Gasteiger charge is -2.02. The Morgan fingerprint density at radius 2 is 2.16 bits per heavy atom. The molecule has 0 radical (unpaired) electrons. The Labute approximate surface area is 152 Å². The summed E-state index contributed by atoms with van der Waals surface area (Å²) in [5.74, 6) is 0.534. The van der Waals surface area contributed by atoms with Gasteiger partial charge in [-0.2, -0.15) is 14.9 Å². The average molecular weight is 374 g/mol. The van der Waals surface area contributed by atoms with Gasteiger partial charge in [-0.15, -0.1) is 0 Å². The fourth-order valence-corrected chi connectivity index (χ4v) is 2.58. The number of nitrogens with zero attached hydrogens (tertiary/aromatic N) is 4. The minimum atomic E-state index is -0.491. The van der Waals surface area contributed by atoms with Gasteiger partial charge in [0, 0.05) is 28.3 Å². The molecule has 0 amide bonds. The average Bonchev–Trinajstić information content (AvgIpc) is 2.94. The summed E-state index contributed by atoms with van der Waals surface area (Å²) >= 11 is 11.3. The minimum absolute atomic E-state index is 0.0689. The Morgan fingerprint density at radius 1 is 1.36 bits per heavy atom. The number of nitro benzene ring substituents is 1. The maximum absolute atomic E-state index is 10.9. The quantitative estimate of drug-likeness (QED) is 0.318. The molecule has 0 saturated heterocycles. The zero-order valence-corrected chi connectivity index (χ0v) is 14.6. The van der Waals surface area contributed by atoms with Crippen LogP contribution < -0.4 is 0 Å². The first kappa shape index (κ1) is 17.0. The second kappa shape index (κ2) is 6.96. The maximum atomic E-state index is 10.9. The number of nitrogens with one attached hydrogen (secondary N) is 1. The van der Waals surface area contributed by atoms with Crippen molar-refractivity contribution in [1.82, 2.24) is 14.9 Å². The smallest absolute Gasteiger partial charge is 0.258 e. The molecule has 1 N–H and O–H groups in total. The van der Waals surface area contributed by atoms with Crippen LogP contribution in [0.15, 0.2) is 47.6 Å². The van der Waals surface area contributed by atoms with Crippen LogP contribution in [0, 0.1) is 21.8 Å². The maximum Gasteiger partial charge on any atom is 0.270 e. The van der Waals surface area contributed by atoms with Crippen molar-refractivity contribution in [2.75, 3.05) is 0 Å². The van der Waals surface area contributed by atoms with E-state index in [9.17, 15) is 10.1 Å². The molecule has 0 fully saturated rings. The highest BCUT2D eigenvalue weighted by atomic mass is 35.5. The van der Waals surface area contributed by atoms with Gasteiger partial charge in [0.2, 0.25) is 4.77 Å². The van der Waals surface area contributed by atoms with Crippen molar-refractivity contribution in [3.8, 4) is 11.4 Å². The lowest BCUT2D eigenvalue weighted by Crippen LogP contribution is -1.96. The van der Waals surface area contributed by atoms with Crippen LogP contribution in [-0.2, 0) is 0 Å². The summed E-state index contributed by atoms with van der Waals surface area (Å²) in [5.41, 5.74) is 2.26. The molecule has 126 valence electrons. The molecule has 0 bridgehead atoms. The Balaban J connectivity index is 2.03. The van der Waals surface area contributed by atoms with Crippen molar-refractivity contribution >= 4 is 35.7 Å². The number of aromatic nitrogens is 3. The zero-order chi connectivity index (χ0) is 18.0. The van der Waals surface area contributed by atoms with Crippen molar-refractivity contribution in [1.29, 1.82) is 0 Å². The summed E-state index contributed by atoms with van der Waals surface area (Å²) in [4.78, 5) is 10.4. The second-order valence-electron chi connectivity index (χ2n) is 5.24. The number of hydrogen-bond donors (Lipinski definition) is 1. The first-order valence-corrected chi connectivity index (χ1v) is 7.97. The second-order valence-corrected chi connectivity index (χ2v) is 6.04. The molecule has 9 heteroatoms.